The number of carbonyl (C=O) groups excluding carboxylic acids is 1. The molecule has 2 unspecified atom stereocenters. The zero-order chi connectivity index (χ0) is 16.1. The molecule has 5 nitrogen and oxygen atoms in total. The molecule has 0 heterocycles. The van der Waals surface area contributed by atoms with Crippen molar-refractivity contribution < 1.29 is 19.4 Å². The molecule has 1 amide bonds. The average Bonchev–Trinajstić information content (AvgIpc) is 3.29. The van der Waals surface area contributed by atoms with Gasteiger partial charge in [-0.15, -0.1) is 0 Å². The van der Waals surface area contributed by atoms with Crippen molar-refractivity contribution in [3.8, 4) is 5.75 Å². The molecule has 5 heteroatoms. The largest absolute Gasteiger partial charge is 0.496 e. The Morgan fingerprint density at radius 1 is 1.36 bits per heavy atom. The molecule has 1 saturated carbocycles. The van der Waals surface area contributed by atoms with Gasteiger partial charge in [-0.1, -0.05) is 25.1 Å². The molecular weight excluding hydrogens is 282 g/mol. The number of para-hydroxylation sites is 1. The van der Waals surface area contributed by atoms with Gasteiger partial charge in [-0.3, -0.25) is 4.79 Å². The third-order valence-corrected chi connectivity index (χ3v) is 3.97. The average molecular weight is 305 g/mol. The van der Waals surface area contributed by atoms with E-state index in [9.17, 15) is 9.59 Å². The van der Waals surface area contributed by atoms with Crippen molar-refractivity contribution in [3.05, 3.63) is 29.8 Å². The fourth-order valence-corrected chi connectivity index (χ4v) is 2.68. The molecule has 0 spiro atoms. The van der Waals surface area contributed by atoms with Gasteiger partial charge in [0, 0.05) is 6.42 Å². The first kappa shape index (κ1) is 16.3. The maximum Gasteiger partial charge on any atom is 0.326 e. The summed E-state index contributed by atoms with van der Waals surface area (Å²) in [7, 11) is 1.63. The van der Waals surface area contributed by atoms with E-state index in [1.807, 2.05) is 31.2 Å². The number of carbonyl (C=O) groups is 2. The van der Waals surface area contributed by atoms with Crippen molar-refractivity contribution in [2.75, 3.05) is 7.11 Å². The highest BCUT2D eigenvalue weighted by atomic mass is 16.5. The molecular formula is C17H23NO4. The normalized spacial score (nSPS) is 16.6. The number of benzene rings is 1. The van der Waals surface area contributed by atoms with Gasteiger partial charge >= 0.3 is 5.97 Å². The van der Waals surface area contributed by atoms with Gasteiger partial charge < -0.3 is 15.2 Å². The second-order valence-corrected chi connectivity index (χ2v) is 6.05. The van der Waals surface area contributed by atoms with Gasteiger partial charge in [-0.05, 0) is 42.7 Å². The molecule has 1 aromatic rings. The van der Waals surface area contributed by atoms with Crippen LogP contribution in [0.4, 0.5) is 0 Å². The minimum absolute atomic E-state index is 0.103. The third kappa shape index (κ3) is 4.48. The van der Waals surface area contributed by atoms with Gasteiger partial charge in [0.15, 0.2) is 0 Å². The smallest absolute Gasteiger partial charge is 0.326 e. The number of hydrogen-bond acceptors (Lipinski definition) is 3. The molecule has 2 N–H and O–H groups in total. The monoisotopic (exact) mass is 305 g/mol. The van der Waals surface area contributed by atoms with E-state index in [0.717, 1.165) is 30.6 Å². The molecule has 22 heavy (non-hydrogen) atoms. The lowest BCUT2D eigenvalue weighted by atomic mass is 9.97. The van der Waals surface area contributed by atoms with Crippen LogP contribution in [0.25, 0.3) is 0 Å². The van der Waals surface area contributed by atoms with E-state index in [0.29, 0.717) is 6.42 Å². The Balaban J connectivity index is 1.87. The number of hydrogen-bond donors (Lipinski definition) is 2. The second kappa shape index (κ2) is 7.29. The Morgan fingerprint density at radius 2 is 2.05 bits per heavy atom. The van der Waals surface area contributed by atoms with Crippen molar-refractivity contribution >= 4 is 11.9 Å². The minimum Gasteiger partial charge on any atom is -0.496 e. The Labute approximate surface area is 130 Å². The number of amides is 1. The first-order valence-electron chi connectivity index (χ1n) is 7.65. The van der Waals surface area contributed by atoms with Gasteiger partial charge in [0.2, 0.25) is 5.91 Å². The van der Waals surface area contributed by atoms with Crippen molar-refractivity contribution in [2.45, 2.75) is 38.6 Å². The molecule has 0 saturated heterocycles. The van der Waals surface area contributed by atoms with E-state index in [2.05, 4.69) is 5.32 Å². The molecule has 0 radical (unpaired) electrons. The molecule has 2 atom stereocenters. The summed E-state index contributed by atoms with van der Waals surface area (Å²) < 4.78 is 5.31. The maximum absolute atomic E-state index is 12.0. The summed E-state index contributed by atoms with van der Waals surface area (Å²) in [5.41, 5.74) is 1.06. The fraction of sp³-hybridized carbons (Fsp3) is 0.529. The van der Waals surface area contributed by atoms with E-state index in [1.54, 1.807) is 7.11 Å². The zero-order valence-electron chi connectivity index (χ0n) is 13.0. The van der Waals surface area contributed by atoms with Crippen LogP contribution in [0.5, 0.6) is 5.75 Å². The Bertz CT molecular complexity index is 539. The summed E-state index contributed by atoms with van der Waals surface area (Å²) in [5.74, 6) is -0.0954. The van der Waals surface area contributed by atoms with Crippen molar-refractivity contribution in [3.63, 3.8) is 0 Å². The van der Waals surface area contributed by atoms with Crippen molar-refractivity contribution in [2.24, 2.45) is 11.8 Å². The summed E-state index contributed by atoms with van der Waals surface area (Å²) in [6.07, 6.45) is 2.80. The van der Waals surface area contributed by atoms with Gasteiger partial charge in [-0.25, -0.2) is 4.79 Å². The molecule has 0 bridgehead atoms. The fourth-order valence-electron chi connectivity index (χ4n) is 2.68. The SMILES string of the molecule is COc1ccccc1CC(C)CC(=O)NC(C(=O)O)C1CC1. The van der Waals surface area contributed by atoms with E-state index in [4.69, 9.17) is 9.84 Å². The summed E-state index contributed by atoms with van der Waals surface area (Å²) in [5, 5.41) is 11.8. The summed E-state index contributed by atoms with van der Waals surface area (Å²) >= 11 is 0. The Hall–Kier alpha value is -2.04. The Kier molecular flexibility index (Phi) is 5.41. The van der Waals surface area contributed by atoms with Crippen LogP contribution in [0.1, 0.15) is 31.7 Å². The van der Waals surface area contributed by atoms with Crippen molar-refractivity contribution in [1.29, 1.82) is 0 Å². The first-order chi connectivity index (χ1) is 10.5. The highest BCUT2D eigenvalue weighted by Crippen LogP contribution is 2.33. The van der Waals surface area contributed by atoms with Crippen LogP contribution in [0.2, 0.25) is 0 Å². The summed E-state index contributed by atoms with van der Waals surface area (Å²) in [6, 6.07) is 7.00. The highest BCUT2D eigenvalue weighted by Gasteiger charge is 2.37. The molecule has 1 aromatic carbocycles. The number of rotatable bonds is 8. The molecule has 120 valence electrons. The van der Waals surface area contributed by atoms with Crippen LogP contribution >= 0.6 is 0 Å². The predicted molar refractivity (Wildman–Crippen MR) is 82.8 cm³/mol. The molecule has 0 aromatic heterocycles. The standard InChI is InChI=1S/C17H23NO4/c1-11(9-13-5-3-4-6-14(13)22-2)10-15(19)18-16(17(20)21)12-7-8-12/h3-6,11-12,16H,7-10H2,1-2H3,(H,18,19)(H,20,21). The lowest BCUT2D eigenvalue weighted by Crippen LogP contribution is -2.42. The molecule has 1 aliphatic rings. The Morgan fingerprint density at radius 3 is 2.64 bits per heavy atom. The van der Waals surface area contributed by atoms with Crippen LogP contribution in [0, 0.1) is 11.8 Å². The number of nitrogens with one attached hydrogen (secondary N) is 1. The predicted octanol–water partition coefficient (Wildman–Crippen LogP) is 2.24. The number of carboxylic acids is 1. The zero-order valence-corrected chi connectivity index (χ0v) is 13.0. The van der Waals surface area contributed by atoms with Crippen LogP contribution in [-0.4, -0.2) is 30.1 Å². The van der Waals surface area contributed by atoms with Crippen LogP contribution in [0.3, 0.4) is 0 Å². The van der Waals surface area contributed by atoms with E-state index < -0.39 is 12.0 Å². The molecule has 1 aliphatic carbocycles. The number of ether oxygens (including phenoxy) is 1. The summed E-state index contributed by atoms with van der Waals surface area (Å²) in [6.45, 7) is 1.99. The maximum atomic E-state index is 12.0. The topological polar surface area (TPSA) is 75.6 Å². The number of aliphatic carboxylic acids is 1. The lowest BCUT2D eigenvalue weighted by Gasteiger charge is -2.17. The number of carboxylic acid groups (broad SMARTS) is 1. The number of methoxy groups -OCH3 is 1. The van der Waals surface area contributed by atoms with E-state index >= 15 is 0 Å². The summed E-state index contributed by atoms with van der Waals surface area (Å²) in [4.78, 5) is 23.2. The minimum atomic E-state index is -0.937. The van der Waals surface area contributed by atoms with Gasteiger partial charge in [0.05, 0.1) is 7.11 Å². The van der Waals surface area contributed by atoms with Gasteiger partial charge in [0.25, 0.3) is 0 Å². The van der Waals surface area contributed by atoms with Crippen LogP contribution in [-0.2, 0) is 16.0 Å². The van der Waals surface area contributed by atoms with Crippen LogP contribution in [0.15, 0.2) is 24.3 Å². The lowest BCUT2D eigenvalue weighted by molar-refractivity contribution is -0.142. The molecule has 2 rings (SSSR count). The quantitative estimate of drug-likeness (QED) is 0.772. The van der Waals surface area contributed by atoms with Crippen molar-refractivity contribution in [1.82, 2.24) is 5.32 Å². The van der Waals surface area contributed by atoms with Gasteiger partial charge in [-0.2, -0.15) is 0 Å². The van der Waals surface area contributed by atoms with E-state index in [-0.39, 0.29) is 17.7 Å². The molecule has 1 fully saturated rings. The van der Waals surface area contributed by atoms with E-state index in [1.165, 1.54) is 0 Å². The first-order valence-corrected chi connectivity index (χ1v) is 7.65. The van der Waals surface area contributed by atoms with Crippen LogP contribution < -0.4 is 10.1 Å². The second-order valence-electron chi connectivity index (χ2n) is 6.05. The molecule has 0 aliphatic heterocycles. The highest BCUT2D eigenvalue weighted by molar-refractivity contribution is 5.84. The third-order valence-electron chi connectivity index (χ3n) is 3.97. The van der Waals surface area contributed by atoms with Gasteiger partial charge in [0.1, 0.15) is 11.8 Å².